The van der Waals surface area contributed by atoms with E-state index in [2.05, 4.69) is 11.9 Å². The summed E-state index contributed by atoms with van der Waals surface area (Å²) < 4.78 is 0. The second-order valence-electron chi connectivity index (χ2n) is 8.52. The lowest BCUT2D eigenvalue weighted by Crippen LogP contribution is -2.61. The smallest absolute Gasteiger partial charge is 0.00524 e. The third kappa shape index (κ3) is 1.75. The van der Waals surface area contributed by atoms with Gasteiger partial charge >= 0.3 is 0 Å². The molecule has 2 nitrogen and oxygen atoms in total. The third-order valence-electron chi connectivity index (χ3n) is 7.32. The first-order chi connectivity index (χ1) is 9.15. The van der Waals surface area contributed by atoms with Crippen LogP contribution in [-0.4, -0.2) is 31.6 Å². The van der Waals surface area contributed by atoms with E-state index in [-0.39, 0.29) is 0 Å². The standard InChI is InChI=1S/C17H30N2/c1-19-4-2-3-16(11-18,12-19)17-8-13-5-14(9-17)7-15(6-13)10-17/h13-15H,2-12,18H2,1H3. The topological polar surface area (TPSA) is 29.3 Å². The van der Waals surface area contributed by atoms with E-state index < -0.39 is 0 Å². The van der Waals surface area contributed by atoms with Gasteiger partial charge in [-0.15, -0.1) is 0 Å². The van der Waals surface area contributed by atoms with Crippen LogP contribution in [0.25, 0.3) is 0 Å². The highest BCUT2D eigenvalue weighted by molar-refractivity contribution is 5.11. The number of rotatable bonds is 2. The Morgan fingerprint density at radius 3 is 2.11 bits per heavy atom. The summed E-state index contributed by atoms with van der Waals surface area (Å²) in [5, 5.41) is 0. The molecular weight excluding hydrogens is 232 g/mol. The van der Waals surface area contributed by atoms with E-state index in [0.717, 1.165) is 24.3 Å². The Kier molecular flexibility index (Phi) is 2.80. The summed E-state index contributed by atoms with van der Waals surface area (Å²) in [6.07, 6.45) is 12.0. The predicted octanol–water partition coefficient (Wildman–Crippen LogP) is 2.87. The van der Waals surface area contributed by atoms with Gasteiger partial charge in [-0.1, -0.05) is 0 Å². The zero-order valence-electron chi connectivity index (χ0n) is 12.5. The van der Waals surface area contributed by atoms with Crippen LogP contribution >= 0.6 is 0 Å². The monoisotopic (exact) mass is 262 g/mol. The van der Waals surface area contributed by atoms with Crippen LogP contribution in [0.1, 0.15) is 51.4 Å². The van der Waals surface area contributed by atoms with Crippen molar-refractivity contribution in [2.45, 2.75) is 51.4 Å². The molecule has 0 radical (unpaired) electrons. The summed E-state index contributed by atoms with van der Waals surface area (Å²) in [5.74, 6) is 3.17. The van der Waals surface area contributed by atoms with Crippen molar-refractivity contribution in [1.29, 1.82) is 0 Å². The van der Waals surface area contributed by atoms with Crippen LogP contribution < -0.4 is 5.73 Å². The molecule has 0 aromatic heterocycles. The Morgan fingerprint density at radius 1 is 1.05 bits per heavy atom. The van der Waals surface area contributed by atoms with E-state index in [0.29, 0.717) is 10.8 Å². The van der Waals surface area contributed by atoms with Crippen molar-refractivity contribution in [2.24, 2.45) is 34.3 Å². The minimum atomic E-state index is 0.454. The number of nitrogens with two attached hydrogens (primary N) is 1. The molecular formula is C17H30N2. The number of hydrogen-bond acceptors (Lipinski definition) is 2. The molecule has 0 aromatic carbocycles. The van der Waals surface area contributed by atoms with Gasteiger partial charge in [0.05, 0.1) is 0 Å². The second kappa shape index (κ2) is 4.21. The minimum Gasteiger partial charge on any atom is -0.330 e. The molecule has 108 valence electrons. The first-order valence-electron chi connectivity index (χ1n) is 8.53. The van der Waals surface area contributed by atoms with Crippen molar-refractivity contribution in [2.75, 3.05) is 26.7 Å². The Balaban J connectivity index is 1.69. The van der Waals surface area contributed by atoms with Crippen LogP contribution in [0.5, 0.6) is 0 Å². The highest BCUT2D eigenvalue weighted by Gasteiger charge is 2.60. The van der Waals surface area contributed by atoms with E-state index in [1.165, 1.54) is 45.2 Å². The maximum atomic E-state index is 6.40. The van der Waals surface area contributed by atoms with Crippen molar-refractivity contribution in [3.05, 3.63) is 0 Å². The van der Waals surface area contributed by atoms with Crippen LogP contribution in [0.2, 0.25) is 0 Å². The third-order valence-corrected chi connectivity index (χ3v) is 7.32. The lowest BCUT2D eigenvalue weighted by molar-refractivity contribution is -0.147. The first kappa shape index (κ1) is 12.6. The molecule has 1 unspecified atom stereocenters. The number of hydrogen-bond donors (Lipinski definition) is 1. The summed E-state index contributed by atoms with van der Waals surface area (Å²) in [6, 6.07) is 0. The first-order valence-corrected chi connectivity index (χ1v) is 8.53. The van der Waals surface area contributed by atoms with Crippen molar-refractivity contribution in [1.82, 2.24) is 4.90 Å². The lowest BCUT2D eigenvalue weighted by Gasteiger charge is -2.65. The summed E-state index contributed by atoms with van der Waals surface area (Å²) in [7, 11) is 2.31. The molecule has 5 aliphatic rings. The molecule has 1 atom stereocenters. The zero-order chi connectivity index (χ0) is 13.1. The largest absolute Gasteiger partial charge is 0.330 e. The van der Waals surface area contributed by atoms with Crippen LogP contribution in [0.4, 0.5) is 0 Å². The molecule has 1 aliphatic heterocycles. The fourth-order valence-corrected chi connectivity index (χ4v) is 6.94. The molecule has 1 saturated heterocycles. The Labute approximate surface area is 118 Å². The zero-order valence-corrected chi connectivity index (χ0v) is 12.5. The number of piperidine rings is 1. The summed E-state index contributed by atoms with van der Waals surface area (Å²) in [6.45, 7) is 3.49. The van der Waals surface area contributed by atoms with E-state index in [1.807, 2.05) is 0 Å². The van der Waals surface area contributed by atoms with Gasteiger partial charge in [0.25, 0.3) is 0 Å². The van der Waals surface area contributed by atoms with E-state index in [1.54, 1.807) is 19.3 Å². The Morgan fingerprint density at radius 2 is 1.63 bits per heavy atom. The second-order valence-corrected chi connectivity index (χ2v) is 8.52. The molecule has 4 aliphatic carbocycles. The molecule has 19 heavy (non-hydrogen) atoms. The molecule has 1 heterocycles. The molecule has 2 heteroatoms. The molecule has 2 N–H and O–H groups in total. The van der Waals surface area contributed by atoms with E-state index in [4.69, 9.17) is 5.73 Å². The van der Waals surface area contributed by atoms with Crippen LogP contribution in [0.3, 0.4) is 0 Å². The molecule has 0 spiro atoms. The van der Waals surface area contributed by atoms with E-state index in [9.17, 15) is 0 Å². The summed E-state index contributed by atoms with van der Waals surface area (Å²) in [4.78, 5) is 2.56. The highest BCUT2D eigenvalue weighted by Crippen LogP contribution is 2.67. The highest BCUT2D eigenvalue weighted by atomic mass is 15.1. The van der Waals surface area contributed by atoms with Gasteiger partial charge in [0.1, 0.15) is 0 Å². The normalized spacial score (nSPS) is 53.7. The van der Waals surface area contributed by atoms with Crippen molar-refractivity contribution < 1.29 is 0 Å². The number of nitrogens with zero attached hydrogens (tertiary/aromatic N) is 1. The molecule has 4 saturated carbocycles. The maximum Gasteiger partial charge on any atom is 0.00524 e. The van der Waals surface area contributed by atoms with Crippen LogP contribution in [-0.2, 0) is 0 Å². The molecule has 5 fully saturated rings. The van der Waals surface area contributed by atoms with Gasteiger partial charge < -0.3 is 10.6 Å². The van der Waals surface area contributed by atoms with E-state index >= 15 is 0 Å². The molecule has 0 amide bonds. The van der Waals surface area contributed by atoms with Gasteiger partial charge in [0, 0.05) is 12.0 Å². The van der Waals surface area contributed by atoms with Crippen molar-refractivity contribution in [3.63, 3.8) is 0 Å². The van der Waals surface area contributed by atoms with Gasteiger partial charge in [-0.3, -0.25) is 0 Å². The quantitative estimate of drug-likeness (QED) is 0.829. The molecule has 4 bridgehead atoms. The molecule has 5 rings (SSSR count). The number of likely N-dealkylation sites (tertiary alicyclic amines) is 1. The van der Waals surface area contributed by atoms with Crippen LogP contribution in [0.15, 0.2) is 0 Å². The minimum absolute atomic E-state index is 0.454. The summed E-state index contributed by atoms with van der Waals surface area (Å²) >= 11 is 0. The molecule has 0 aromatic rings. The van der Waals surface area contributed by atoms with Crippen molar-refractivity contribution >= 4 is 0 Å². The predicted molar refractivity (Wildman–Crippen MR) is 78.8 cm³/mol. The average molecular weight is 262 g/mol. The Hall–Kier alpha value is -0.0800. The van der Waals surface area contributed by atoms with Gasteiger partial charge in [-0.2, -0.15) is 0 Å². The van der Waals surface area contributed by atoms with Gasteiger partial charge in [-0.05, 0) is 94.7 Å². The average Bonchev–Trinajstić information content (AvgIpc) is 2.36. The Bertz CT molecular complexity index is 329. The van der Waals surface area contributed by atoms with Crippen molar-refractivity contribution in [3.8, 4) is 0 Å². The lowest BCUT2D eigenvalue weighted by atomic mass is 9.41. The fraction of sp³-hybridized carbons (Fsp3) is 1.00. The van der Waals surface area contributed by atoms with Gasteiger partial charge in [0.2, 0.25) is 0 Å². The SMILES string of the molecule is CN1CCCC(CN)(C23CC4CC(CC(C4)C2)C3)C1. The maximum absolute atomic E-state index is 6.40. The summed E-state index contributed by atoms with van der Waals surface area (Å²) in [5.41, 5.74) is 7.48. The van der Waals surface area contributed by atoms with Gasteiger partial charge in [0.15, 0.2) is 0 Å². The van der Waals surface area contributed by atoms with Gasteiger partial charge in [-0.25, -0.2) is 0 Å². The fourth-order valence-electron chi connectivity index (χ4n) is 6.94. The van der Waals surface area contributed by atoms with Crippen LogP contribution in [0, 0.1) is 28.6 Å².